The number of nitrogens with one attached hydrogen (secondary N) is 2. The van der Waals surface area contributed by atoms with Crippen LogP contribution in [0.4, 0.5) is 10.2 Å². The molecule has 0 bridgehead atoms. The number of hydrogen-bond acceptors (Lipinski definition) is 5. The molecule has 1 amide bonds. The number of benzene rings is 1. The van der Waals surface area contributed by atoms with Gasteiger partial charge in [0.15, 0.2) is 0 Å². The van der Waals surface area contributed by atoms with E-state index in [1.54, 1.807) is 0 Å². The Hall–Kier alpha value is -2.71. The lowest BCUT2D eigenvalue weighted by molar-refractivity contribution is -0.139. The summed E-state index contributed by atoms with van der Waals surface area (Å²) in [6, 6.07) is 7.13. The number of hydrogen-bond donors (Lipinski definition) is 3. The maximum atomic E-state index is 13.6. The van der Waals surface area contributed by atoms with Crippen molar-refractivity contribution in [2.45, 2.75) is 44.6 Å². The number of likely N-dealkylation sites (tertiary alicyclic amines) is 1. The highest BCUT2D eigenvalue weighted by molar-refractivity contribution is 6.34. The molecule has 1 saturated heterocycles. The van der Waals surface area contributed by atoms with Crippen LogP contribution in [0.3, 0.4) is 0 Å². The molecule has 3 heterocycles. The molecule has 182 valence electrons. The molecular formula is C25H30ClFN4O3. The number of nitrogens with zero attached hydrogens (tertiary/aromatic N) is 2. The van der Waals surface area contributed by atoms with Gasteiger partial charge in [0.2, 0.25) is 0 Å². The van der Waals surface area contributed by atoms with Crippen molar-refractivity contribution in [3.63, 3.8) is 0 Å². The predicted molar refractivity (Wildman–Crippen MR) is 129 cm³/mol. The molecule has 0 spiro atoms. The van der Waals surface area contributed by atoms with Crippen LogP contribution in [-0.2, 0) is 17.6 Å². The first kappa shape index (κ1) is 24.4. The molecule has 0 saturated carbocycles. The van der Waals surface area contributed by atoms with Crippen LogP contribution in [0.25, 0.3) is 0 Å². The first-order chi connectivity index (χ1) is 16.4. The lowest BCUT2D eigenvalue weighted by Crippen LogP contribution is -2.43. The van der Waals surface area contributed by atoms with Crippen molar-refractivity contribution < 1.29 is 19.1 Å². The number of fused-ring (bicyclic) bond motifs is 1. The third kappa shape index (κ3) is 6.04. The third-order valence-electron chi connectivity index (χ3n) is 6.66. The van der Waals surface area contributed by atoms with Gasteiger partial charge in [0.25, 0.3) is 5.91 Å². The first-order valence-corrected chi connectivity index (χ1v) is 12.2. The molecule has 2 aromatic rings. The van der Waals surface area contributed by atoms with Crippen LogP contribution in [0, 0.1) is 11.7 Å². The Kier molecular flexibility index (Phi) is 8.00. The second kappa shape index (κ2) is 11.1. The zero-order valence-corrected chi connectivity index (χ0v) is 19.8. The molecule has 1 fully saturated rings. The van der Waals surface area contributed by atoms with E-state index in [2.05, 4.69) is 27.7 Å². The van der Waals surface area contributed by atoms with Gasteiger partial charge in [-0.05, 0) is 74.8 Å². The van der Waals surface area contributed by atoms with Gasteiger partial charge in [-0.3, -0.25) is 4.79 Å². The normalized spacial score (nSPS) is 18.7. The molecular weight excluding hydrogens is 459 g/mol. The number of rotatable bonds is 9. The minimum absolute atomic E-state index is 0.0693. The summed E-state index contributed by atoms with van der Waals surface area (Å²) >= 11 is 5.86. The SMILES string of the molecule is O=C(N[C@H](CCN1CC[C@H](CCc2ccc3c(n2)NCCC3)C1)C(=O)O)c1cccc(F)c1Cl. The molecule has 2 atom stereocenters. The first-order valence-electron chi connectivity index (χ1n) is 11.8. The summed E-state index contributed by atoms with van der Waals surface area (Å²) in [5.41, 5.74) is 2.33. The van der Waals surface area contributed by atoms with Crippen molar-refractivity contribution in [1.29, 1.82) is 0 Å². The highest BCUT2D eigenvalue weighted by atomic mass is 35.5. The number of amides is 1. The standard InChI is InChI=1S/C25H30ClFN4O3/c26-22-19(4-1-5-20(22)27)24(32)30-21(25(33)34)11-14-31-13-10-16(15-31)6-8-18-9-7-17-3-2-12-28-23(17)29-18/h1,4-5,7,9,16,21H,2-3,6,8,10-15H2,(H,28,29)(H,30,32)(H,33,34)/t16-,21+/m0/s1. The van der Waals surface area contributed by atoms with Crippen LogP contribution in [-0.4, -0.2) is 59.1 Å². The summed E-state index contributed by atoms with van der Waals surface area (Å²) in [5, 5.41) is 15.1. The van der Waals surface area contributed by atoms with Gasteiger partial charge in [-0.1, -0.05) is 23.7 Å². The van der Waals surface area contributed by atoms with Gasteiger partial charge in [0.1, 0.15) is 17.7 Å². The Morgan fingerprint density at radius 1 is 1.32 bits per heavy atom. The number of aliphatic carboxylic acids is 1. The van der Waals surface area contributed by atoms with E-state index in [1.165, 1.54) is 17.7 Å². The molecule has 0 radical (unpaired) electrons. The monoisotopic (exact) mass is 488 g/mol. The number of carbonyl (C=O) groups excluding carboxylic acids is 1. The predicted octanol–water partition coefficient (Wildman–Crippen LogP) is 3.76. The summed E-state index contributed by atoms with van der Waals surface area (Å²) < 4.78 is 13.6. The highest BCUT2D eigenvalue weighted by Crippen LogP contribution is 2.24. The van der Waals surface area contributed by atoms with Crippen molar-refractivity contribution in [2.24, 2.45) is 5.92 Å². The Labute approximate surface area is 203 Å². The molecule has 4 rings (SSSR count). The lowest BCUT2D eigenvalue weighted by atomic mass is 10.00. The molecule has 9 heteroatoms. The number of aryl methyl sites for hydroxylation is 2. The van der Waals surface area contributed by atoms with Crippen LogP contribution in [0.1, 0.15) is 47.3 Å². The number of pyridine rings is 1. The van der Waals surface area contributed by atoms with Gasteiger partial charge in [0.05, 0.1) is 10.6 Å². The summed E-state index contributed by atoms with van der Waals surface area (Å²) in [6.07, 6.45) is 5.53. The van der Waals surface area contributed by atoms with Crippen molar-refractivity contribution in [1.82, 2.24) is 15.2 Å². The molecule has 3 N–H and O–H groups in total. The Morgan fingerprint density at radius 2 is 2.18 bits per heavy atom. The number of carboxylic acid groups (broad SMARTS) is 1. The molecule has 34 heavy (non-hydrogen) atoms. The zero-order valence-electron chi connectivity index (χ0n) is 19.0. The van der Waals surface area contributed by atoms with E-state index in [0.29, 0.717) is 12.5 Å². The van der Waals surface area contributed by atoms with Crippen molar-refractivity contribution in [2.75, 3.05) is 31.5 Å². The molecule has 0 aliphatic carbocycles. The molecule has 2 aliphatic rings. The smallest absolute Gasteiger partial charge is 0.326 e. The Bertz CT molecular complexity index is 1050. The maximum Gasteiger partial charge on any atom is 0.326 e. The Morgan fingerprint density at radius 3 is 3.00 bits per heavy atom. The van der Waals surface area contributed by atoms with Crippen LogP contribution in [0.5, 0.6) is 0 Å². The quantitative estimate of drug-likeness (QED) is 0.497. The van der Waals surface area contributed by atoms with Crippen molar-refractivity contribution in [3.05, 3.63) is 58.0 Å². The van der Waals surface area contributed by atoms with E-state index in [9.17, 15) is 19.1 Å². The zero-order chi connectivity index (χ0) is 24.1. The number of aromatic nitrogens is 1. The molecule has 7 nitrogen and oxygen atoms in total. The fraction of sp³-hybridized carbons (Fsp3) is 0.480. The maximum absolute atomic E-state index is 13.6. The number of halogens is 2. The van der Waals surface area contributed by atoms with Gasteiger partial charge in [0, 0.05) is 25.3 Å². The van der Waals surface area contributed by atoms with Gasteiger partial charge < -0.3 is 20.6 Å². The van der Waals surface area contributed by atoms with Crippen LogP contribution < -0.4 is 10.6 Å². The van der Waals surface area contributed by atoms with E-state index in [0.717, 1.165) is 69.3 Å². The van der Waals surface area contributed by atoms with Crippen molar-refractivity contribution in [3.8, 4) is 0 Å². The fourth-order valence-corrected chi connectivity index (χ4v) is 4.91. The molecule has 2 aliphatic heterocycles. The number of carboxylic acids is 1. The lowest BCUT2D eigenvalue weighted by Gasteiger charge is -2.20. The van der Waals surface area contributed by atoms with E-state index in [1.807, 2.05) is 0 Å². The van der Waals surface area contributed by atoms with E-state index in [4.69, 9.17) is 16.6 Å². The second-order valence-corrected chi connectivity index (χ2v) is 9.47. The van der Waals surface area contributed by atoms with E-state index < -0.39 is 23.7 Å². The summed E-state index contributed by atoms with van der Waals surface area (Å²) in [6.45, 7) is 3.35. The minimum Gasteiger partial charge on any atom is -0.480 e. The summed E-state index contributed by atoms with van der Waals surface area (Å²) in [4.78, 5) is 31.2. The van der Waals surface area contributed by atoms with E-state index >= 15 is 0 Å². The largest absolute Gasteiger partial charge is 0.480 e. The minimum atomic E-state index is -1.12. The van der Waals surface area contributed by atoms with Gasteiger partial charge in [-0.25, -0.2) is 14.2 Å². The third-order valence-corrected chi connectivity index (χ3v) is 7.05. The average Bonchev–Trinajstić information content (AvgIpc) is 3.29. The topological polar surface area (TPSA) is 94.6 Å². The number of carbonyl (C=O) groups is 2. The molecule has 1 aromatic carbocycles. The molecule has 1 aromatic heterocycles. The van der Waals surface area contributed by atoms with Crippen LogP contribution in [0.2, 0.25) is 5.02 Å². The summed E-state index contributed by atoms with van der Waals surface area (Å²) in [7, 11) is 0. The molecule has 0 unspecified atom stereocenters. The fourth-order valence-electron chi connectivity index (χ4n) is 4.70. The van der Waals surface area contributed by atoms with Crippen LogP contribution in [0.15, 0.2) is 30.3 Å². The highest BCUT2D eigenvalue weighted by Gasteiger charge is 2.27. The van der Waals surface area contributed by atoms with E-state index in [-0.39, 0.29) is 17.0 Å². The average molecular weight is 489 g/mol. The summed E-state index contributed by atoms with van der Waals surface area (Å²) in [5.74, 6) is -0.967. The van der Waals surface area contributed by atoms with Gasteiger partial charge in [-0.15, -0.1) is 0 Å². The van der Waals surface area contributed by atoms with Crippen molar-refractivity contribution >= 4 is 29.3 Å². The second-order valence-electron chi connectivity index (χ2n) is 9.09. The van der Waals surface area contributed by atoms with Gasteiger partial charge >= 0.3 is 5.97 Å². The Balaban J connectivity index is 1.24. The van der Waals surface area contributed by atoms with Gasteiger partial charge in [-0.2, -0.15) is 0 Å². The van der Waals surface area contributed by atoms with Crippen LogP contribution >= 0.6 is 11.6 Å². The number of anilines is 1.